The van der Waals surface area contributed by atoms with E-state index in [0.29, 0.717) is 19.5 Å². The average molecular weight is 330 g/mol. The lowest BCUT2D eigenvalue weighted by Gasteiger charge is -2.15. The fourth-order valence-electron chi connectivity index (χ4n) is 3.19. The van der Waals surface area contributed by atoms with Crippen molar-refractivity contribution in [1.29, 1.82) is 0 Å². The largest absolute Gasteiger partial charge is 0.354 e. The van der Waals surface area contributed by atoms with Crippen LogP contribution >= 0.6 is 0 Å². The molecule has 0 unspecified atom stereocenters. The molecule has 3 rings (SSSR count). The van der Waals surface area contributed by atoms with Crippen LogP contribution in [0.1, 0.15) is 26.2 Å². The molecule has 1 aliphatic heterocycles. The van der Waals surface area contributed by atoms with Crippen LogP contribution in [0.2, 0.25) is 0 Å². The molecule has 0 spiro atoms. The molecule has 1 aromatic heterocycles. The first kappa shape index (κ1) is 16.3. The van der Waals surface area contributed by atoms with E-state index in [4.69, 9.17) is 0 Å². The van der Waals surface area contributed by atoms with Crippen molar-refractivity contribution < 1.29 is 9.59 Å². The van der Waals surface area contributed by atoms with Crippen LogP contribution in [0.15, 0.2) is 29.1 Å². The van der Waals surface area contributed by atoms with Crippen LogP contribution in [0.5, 0.6) is 0 Å². The third-order valence-corrected chi connectivity index (χ3v) is 4.41. The van der Waals surface area contributed by atoms with Crippen molar-refractivity contribution in [2.75, 3.05) is 6.54 Å². The Morgan fingerprint density at radius 3 is 2.62 bits per heavy atom. The summed E-state index contributed by atoms with van der Waals surface area (Å²) in [5.41, 5.74) is 1.33. The molecule has 1 saturated heterocycles. The minimum atomic E-state index is -0.518. The highest BCUT2D eigenvalue weighted by Crippen LogP contribution is 2.12. The maximum Gasteiger partial charge on any atom is 0.329 e. The quantitative estimate of drug-likeness (QED) is 0.861. The first-order chi connectivity index (χ1) is 11.6. The van der Waals surface area contributed by atoms with Crippen molar-refractivity contribution >= 4 is 22.8 Å². The molecule has 24 heavy (non-hydrogen) atoms. The topological polar surface area (TPSA) is 85.1 Å². The zero-order valence-corrected chi connectivity index (χ0v) is 13.7. The lowest BCUT2D eigenvalue weighted by molar-refractivity contribution is -0.129. The van der Waals surface area contributed by atoms with Crippen LogP contribution in [0.4, 0.5) is 0 Å². The molecule has 2 amide bonds. The van der Waals surface area contributed by atoms with E-state index < -0.39 is 6.04 Å². The van der Waals surface area contributed by atoms with Gasteiger partial charge in [0.1, 0.15) is 12.6 Å². The summed E-state index contributed by atoms with van der Waals surface area (Å²) in [6.45, 7) is 3.00. The monoisotopic (exact) mass is 330 g/mol. The van der Waals surface area contributed by atoms with Gasteiger partial charge in [-0.15, -0.1) is 0 Å². The lowest BCUT2D eigenvalue weighted by Crippen LogP contribution is -2.47. The number of fused-ring (bicyclic) bond motifs is 1. The van der Waals surface area contributed by atoms with Crippen molar-refractivity contribution in [3.05, 3.63) is 34.7 Å². The Labute approximate surface area is 139 Å². The fraction of sp³-hybridized carbons (Fsp3) is 0.471. The first-order valence-electron chi connectivity index (χ1n) is 8.37. The van der Waals surface area contributed by atoms with Gasteiger partial charge < -0.3 is 10.6 Å². The highest BCUT2D eigenvalue weighted by molar-refractivity contribution is 5.88. The van der Waals surface area contributed by atoms with E-state index in [0.717, 1.165) is 23.9 Å². The average Bonchev–Trinajstić information content (AvgIpc) is 2.70. The fourth-order valence-corrected chi connectivity index (χ4v) is 3.19. The summed E-state index contributed by atoms with van der Waals surface area (Å²) >= 11 is 0. The number of imidazole rings is 1. The molecule has 0 aliphatic carbocycles. The molecular formula is C17H22N4O3. The molecule has 128 valence electrons. The summed E-state index contributed by atoms with van der Waals surface area (Å²) in [7, 11) is 0. The van der Waals surface area contributed by atoms with Crippen LogP contribution in [-0.4, -0.2) is 33.5 Å². The van der Waals surface area contributed by atoms with E-state index >= 15 is 0 Å². The number of aryl methyl sites for hydroxylation is 1. The van der Waals surface area contributed by atoms with Crippen LogP contribution in [0.25, 0.3) is 11.0 Å². The number of hydrogen-bond donors (Lipinski definition) is 2. The predicted molar refractivity (Wildman–Crippen MR) is 90.7 cm³/mol. The van der Waals surface area contributed by atoms with Gasteiger partial charge in [-0.05, 0) is 38.3 Å². The summed E-state index contributed by atoms with van der Waals surface area (Å²) in [6.07, 6.45) is 2.43. The summed E-state index contributed by atoms with van der Waals surface area (Å²) < 4.78 is 3.10. The molecule has 2 N–H and O–H groups in total. The predicted octanol–water partition coefficient (Wildman–Crippen LogP) is 0.608. The Bertz CT molecular complexity index is 821. The number of rotatable bonds is 4. The van der Waals surface area contributed by atoms with Gasteiger partial charge in [0.25, 0.3) is 0 Å². The molecule has 7 heteroatoms. The molecule has 2 aromatic rings. The molecule has 0 radical (unpaired) electrons. The van der Waals surface area contributed by atoms with E-state index in [1.807, 2.05) is 31.2 Å². The minimum absolute atomic E-state index is 0.0872. The van der Waals surface area contributed by atoms with Crippen molar-refractivity contribution in [3.63, 3.8) is 0 Å². The molecule has 1 atom stereocenters. The lowest BCUT2D eigenvalue weighted by atomic mass is 10.1. The highest BCUT2D eigenvalue weighted by atomic mass is 16.2. The third-order valence-electron chi connectivity index (χ3n) is 4.41. The normalized spacial score (nSPS) is 18.2. The van der Waals surface area contributed by atoms with Gasteiger partial charge >= 0.3 is 5.69 Å². The van der Waals surface area contributed by atoms with Crippen LogP contribution < -0.4 is 16.3 Å². The van der Waals surface area contributed by atoms with E-state index in [2.05, 4.69) is 10.6 Å². The Morgan fingerprint density at radius 2 is 1.92 bits per heavy atom. The molecular weight excluding hydrogens is 308 g/mol. The van der Waals surface area contributed by atoms with Gasteiger partial charge in [-0.2, -0.15) is 0 Å². The zero-order chi connectivity index (χ0) is 17.1. The Morgan fingerprint density at radius 1 is 1.21 bits per heavy atom. The summed E-state index contributed by atoms with van der Waals surface area (Å²) in [5, 5.41) is 5.55. The summed E-state index contributed by atoms with van der Waals surface area (Å²) in [6, 6.07) is 6.89. The van der Waals surface area contributed by atoms with Crippen molar-refractivity contribution in [2.45, 2.75) is 45.3 Å². The molecule has 0 bridgehead atoms. The van der Waals surface area contributed by atoms with Gasteiger partial charge in [-0.3, -0.25) is 18.7 Å². The minimum Gasteiger partial charge on any atom is -0.354 e. The number of nitrogens with one attached hydrogen (secondary N) is 2. The van der Waals surface area contributed by atoms with Gasteiger partial charge in [0.15, 0.2) is 0 Å². The van der Waals surface area contributed by atoms with Gasteiger partial charge in [-0.25, -0.2) is 4.79 Å². The van der Waals surface area contributed by atoms with E-state index in [9.17, 15) is 14.4 Å². The number of benzene rings is 1. The van der Waals surface area contributed by atoms with Crippen LogP contribution in [0, 0.1) is 0 Å². The molecule has 2 heterocycles. The highest BCUT2D eigenvalue weighted by Gasteiger charge is 2.23. The number of carbonyl (C=O) groups excluding carboxylic acids is 2. The van der Waals surface area contributed by atoms with Gasteiger partial charge in [0, 0.05) is 13.1 Å². The molecule has 1 fully saturated rings. The van der Waals surface area contributed by atoms with Crippen molar-refractivity contribution in [3.8, 4) is 0 Å². The van der Waals surface area contributed by atoms with Crippen LogP contribution in [0.3, 0.4) is 0 Å². The number of hydrogen-bond acceptors (Lipinski definition) is 3. The second kappa shape index (κ2) is 6.90. The van der Waals surface area contributed by atoms with Gasteiger partial charge in [0.2, 0.25) is 11.8 Å². The van der Waals surface area contributed by atoms with Crippen molar-refractivity contribution in [2.24, 2.45) is 0 Å². The zero-order valence-electron chi connectivity index (χ0n) is 13.7. The second-order valence-electron chi connectivity index (χ2n) is 6.01. The molecule has 1 aliphatic rings. The van der Waals surface area contributed by atoms with Gasteiger partial charge in [0.05, 0.1) is 11.0 Å². The summed E-state index contributed by atoms with van der Waals surface area (Å²) in [4.78, 5) is 36.8. The second-order valence-corrected chi connectivity index (χ2v) is 6.01. The van der Waals surface area contributed by atoms with Crippen molar-refractivity contribution in [1.82, 2.24) is 19.8 Å². The number of nitrogens with zero attached hydrogens (tertiary/aromatic N) is 2. The number of carbonyl (C=O) groups is 2. The standard InChI is InChI=1S/C17H22N4O3/c1-2-20-13-8-3-4-9-14(13)21(17(20)24)11-15(22)19-12-7-5-6-10-18-16(12)23/h3-4,8-9,12H,2,5-7,10-11H2,1H3,(H,18,23)(H,19,22)/t12-/m0/s1. The molecule has 0 saturated carbocycles. The smallest absolute Gasteiger partial charge is 0.329 e. The van der Waals surface area contributed by atoms with Crippen LogP contribution in [-0.2, 0) is 22.7 Å². The maximum atomic E-state index is 12.5. The third kappa shape index (κ3) is 3.06. The Balaban J connectivity index is 1.82. The number of aromatic nitrogens is 2. The van der Waals surface area contributed by atoms with E-state index in [-0.39, 0.29) is 24.0 Å². The maximum absolute atomic E-state index is 12.5. The molecule has 7 nitrogen and oxygen atoms in total. The van der Waals surface area contributed by atoms with Gasteiger partial charge in [-0.1, -0.05) is 12.1 Å². The SMILES string of the molecule is CCn1c(=O)n(CC(=O)N[C@H]2CCCCNC2=O)c2ccccc21. The number of amides is 2. The van der Waals surface area contributed by atoms with E-state index in [1.54, 1.807) is 4.57 Å². The first-order valence-corrected chi connectivity index (χ1v) is 8.37. The summed E-state index contributed by atoms with van der Waals surface area (Å²) in [5.74, 6) is -0.470. The Kier molecular flexibility index (Phi) is 4.69. The number of para-hydroxylation sites is 2. The molecule has 1 aromatic carbocycles. The Hall–Kier alpha value is -2.57. The van der Waals surface area contributed by atoms with E-state index in [1.165, 1.54) is 4.57 Å².